The van der Waals surface area contributed by atoms with Crippen molar-refractivity contribution in [2.45, 2.75) is 57.5 Å². The van der Waals surface area contributed by atoms with E-state index in [1.807, 2.05) is 12.1 Å². The molecule has 1 atom stereocenters. The summed E-state index contributed by atoms with van der Waals surface area (Å²) in [6, 6.07) is 7.98. The van der Waals surface area contributed by atoms with E-state index in [0.29, 0.717) is 12.8 Å². The van der Waals surface area contributed by atoms with Crippen LogP contribution in [0.1, 0.15) is 50.5 Å². The van der Waals surface area contributed by atoms with Crippen LogP contribution in [0.5, 0.6) is 0 Å². The van der Waals surface area contributed by atoms with Gasteiger partial charge in [-0.25, -0.2) is 0 Å². The first kappa shape index (κ1) is 25.6. The number of carbonyl (C=O) groups excluding carboxylic acids is 2. The maximum absolute atomic E-state index is 11.9. The second kappa shape index (κ2) is 13.7. The van der Waals surface area contributed by atoms with Crippen LogP contribution in [0.2, 0.25) is 0 Å². The molecule has 1 aromatic rings. The molecular formula is C23H38ClN5O2. The van der Waals surface area contributed by atoms with Crippen LogP contribution in [-0.2, 0) is 16.1 Å². The lowest BCUT2D eigenvalue weighted by Crippen LogP contribution is -2.47. The average Bonchev–Trinajstić information content (AvgIpc) is 2.75. The Hall–Kier alpha value is -1.67. The number of unbranched alkanes of at least 4 members (excludes halogenated alkanes) is 4. The molecule has 2 heterocycles. The maximum atomic E-state index is 11.9. The minimum absolute atomic E-state index is 0. The summed E-state index contributed by atoms with van der Waals surface area (Å²) >= 11 is 0. The van der Waals surface area contributed by atoms with Gasteiger partial charge in [-0.15, -0.1) is 12.4 Å². The Kier molecular flexibility index (Phi) is 11.3. The van der Waals surface area contributed by atoms with Gasteiger partial charge in [0.1, 0.15) is 6.04 Å². The number of halogens is 1. The number of hydrogen-bond donors (Lipinski definition) is 3. The quantitative estimate of drug-likeness (QED) is 0.353. The lowest BCUT2D eigenvalue weighted by atomic mass is 10.1. The smallest absolute Gasteiger partial charge is 0.249 e. The molecule has 4 N–H and O–H groups in total. The van der Waals surface area contributed by atoms with E-state index in [2.05, 4.69) is 32.6 Å². The topological polar surface area (TPSA) is 90.7 Å². The van der Waals surface area contributed by atoms with Crippen LogP contribution < -0.4 is 16.4 Å². The molecule has 0 radical (unpaired) electrons. The van der Waals surface area contributed by atoms with Gasteiger partial charge >= 0.3 is 0 Å². The van der Waals surface area contributed by atoms with Crippen molar-refractivity contribution in [3.05, 3.63) is 29.8 Å². The highest BCUT2D eigenvalue weighted by atomic mass is 35.5. The third-order valence-electron chi connectivity index (χ3n) is 6.08. The van der Waals surface area contributed by atoms with Crippen molar-refractivity contribution in [2.75, 3.05) is 44.6 Å². The Morgan fingerprint density at radius 3 is 2.26 bits per heavy atom. The van der Waals surface area contributed by atoms with Gasteiger partial charge in [-0.3, -0.25) is 19.8 Å². The van der Waals surface area contributed by atoms with Crippen molar-refractivity contribution in [1.82, 2.24) is 15.1 Å². The number of piperidine rings is 1. The summed E-state index contributed by atoms with van der Waals surface area (Å²) in [5, 5.41) is 5.62. The highest BCUT2D eigenvalue weighted by Crippen LogP contribution is 2.16. The van der Waals surface area contributed by atoms with E-state index in [1.54, 1.807) is 0 Å². The van der Waals surface area contributed by atoms with Gasteiger partial charge in [0, 0.05) is 44.8 Å². The summed E-state index contributed by atoms with van der Waals surface area (Å²) in [4.78, 5) is 28.2. The van der Waals surface area contributed by atoms with Crippen LogP contribution in [-0.4, -0.2) is 66.9 Å². The molecule has 2 aliphatic rings. The van der Waals surface area contributed by atoms with Crippen LogP contribution >= 0.6 is 12.4 Å². The van der Waals surface area contributed by atoms with Gasteiger partial charge in [-0.2, -0.15) is 0 Å². The molecule has 2 aliphatic heterocycles. The Labute approximate surface area is 192 Å². The van der Waals surface area contributed by atoms with Crippen molar-refractivity contribution in [2.24, 2.45) is 5.73 Å². The summed E-state index contributed by atoms with van der Waals surface area (Å²) in [5.41, 5.74) is 7.75. The molecule has 0 aromatic heterocycles. The Bertz CT molecular complexity index is 677. The third kappa shape index (κ3) is 8.77. The fourth-order valence-electron chi connectivity index (χ4n) is 4.18. The van der Waals surface area contributed by atoms with Crippen molar-refractivity contribution < 1.29 is 9.59 Å². The molecule has 31 heavy (non-hydrogen) atoms. The molecule has 7 nitrogen and oxygen atoms in total. The first-order valence-electron chi connectivity index (χ1n) is 11.5. The summed E-state index contributed by atoms with van der Waals surface area (Å²) in [5.74, 6) is -0.417. The highest BCUT2D eigenvalue weighted by molar-refractivity contribution is 6.01. The van der Waals surface area contributed by atoms with Crippen molar-refractivity contribution in [1.29, 1.82) is 0 Å². The van der Waals surface area contributed by atoms with Crippen LogP contribution in [0, 0.1) is 0 Å². The summed E-state index contributed by atoms with van der Waals surface area (Å²) in [6.07, 6.45) is 7.29. The molecule has 0 spiro atoms. The van der Waals surface area contributed by atoms with Crippen molar-refractivity contribution in [3.8, 4) is 0 Å². The molecule has 1 aromatic carbocycles. The van der Waals surface area contributed by atoms with Crippen LogP contribution in [0.15, 0.2) is 24.3 Å². The number of nitrogens with two attached hydrogens (primary N) is 1. The van der Waals surface area contributed by atoms with Gasteiger partial charge in [0.15, 0.2) is 0 Å². The second-order valence-corrected chi connectivity index (χ2v) is 8.52. The van der Waals surface area contributed by atoms with Gasteiger partial charge in [0.05, 0.1) is 0 Å². The average molecular weight is 452 g/mol. The van der Waals surface area contributed by atoms with Crippen LogP contribution in [0.4, 0.5) is 5.69 Å². The highest BCUT2D eigenvalue weighted by Gasteiger charge is 2.26. The first-order chi connectivity index (χ1) is 14.6. The van der Waals surface area contributed by atoms with E-state index in [9.17, 15) is 9.59 Å². The molecule has 0 aliphatic carbocycles. The van der Waals surface area contributed by atoms with E-state index in [4.69, 9.17) is 5.73 Å². The molecule has 1 unspecified atom stereocenters. The third-order valence-corrected chi connectivity index (χ3v) is 6.08. The lowest BCUT2D eigenvalue weighted by molar-refractivity contribution is -0.133. The van der Waals surface area contributed by atoms with E-state index < -0.39 is 0 Å². The fraction of sp³-hybridized carbons (Fsp3) is 0.652. The number of benzene rings is 1. The number of carbonyl (C=O) groups is 2. The Balaban J connectivity index is 0.00000341. The normalized spacial score (nSPS) is 20.2. The SMILES string of the molecule is Cl.NCCCCCCCN1CCN(Cc2ccc(NC3CCC(=O)NC3=O)cc2)CC1. The lowest BCUT2D eigenvalue weighted by Gasteiger charge is -2.34. The van der Waals surface area contributed by atoms with E-state index in [1.165, 1.54) is 37.8 Å². The van der Waals surface area contributed by atoms with Crippen LogP contribution in [0.3, 0.4) is 0 Å². The number of nitrogens with zero attached hydrogens (tertiary/aromatic N) is 2. The first-order valence-corrected chi connectivity index (χ1v) is 11.5. The fourth-order valence-corrected chi connectivity index (χ4v) is 4.18. The summed E-state index contributed by atoms with van der Waals surface area (Å²) in [6.45, 7) is 7.53. The largest absolute Gasteiger partial charge is 0.374 e. The summed E-state index contributed by atoms with van der Waals surface area (Å²) in [7, 11) is 0. The number of piperazine rings is 1. The van der Waals surface area contributed by atoms with Crippen LogP contribution in [0.25, 0.3) is 0 Å². The second-order valence-electron chi connectivity index (χ2n) is 8.52. The van der Waals surface area contributed by atoms with Gasteiger partial charge in [-0.05, 0) is 50.0 Å². The number of amides is 2. The zero-order valence-electron chi connectivity index (χ0n) is 18.5. The standard InChI is InChI=1S/C23H37N5O2.ClH/c24-12-4-2-1-3-5-13-27-14-16-28(17-15-27)18-19-6-8-20(9-7-19)25-21-10-11-22(29)26-23(21)30;/h6-9,21,25H,1-5,10-18,24H2,(H,26,29,30);1H. The van der Waals surface area contributed by atoms with Crippen molar-refractivity contribution in [3.63, 3.8) is 0 Å². The molecule has 8 heteroatoms. The number of rotatable bonds is 11. The molecule has 174 valence electrons. The van der Waals surface area contributed by atoms with E-state index >= 15 is 0 Å². The number of nitrogens with one attached hydrogen (secondary N) is 2. The molecule has 3 rings (SSSR count). The zero-order chi connectivity index (χ0) is 21.2. The Morgan fingerprint density at radius 2 is 1.58 bits per heavy atom. The van der Waals surface area contributed by atoms with E-state index in [0.717, 1.165) is 51.4 Å². The molecule has 2 amide bonds. The Morgan fingerprint density at radius 1 is 0.935 bits per heavy atom. The van der Waals surface area contributed by atoms with Gasteiger partial charge < -0.3 is 16.0 Å². The minimum Gasteiger partial charge on any atom is -0.374 e. The number of anilines is 1. The zero-order valence-corrected chi connectivity index (χ0v) is 19.3. The molecular weight excluding hydrogens is 414 g/mol. The molecule has 0 bridgehead atoms. The predicted molar refractivity (Wildman–Crippen MR) is 127 cm³/mol. The molecule has 2 fully saturated rings. The minimum atomic E-state index is -0.331. The van der Waals surface area contributed by atoms with Gasteiger partial charge in [0.25, 0.3) is 0 Å². The molecule has 2 saturated heterocycles. The van der Waals surface area contributed by atoms with Gasteiger partial charge in [-0.1, -0.05) is 31.4 Å². The number of imide groups is 1. The monoisotopic (exact) mass is 451 g/mol. The maximum Gasteiger partial charge on any atom is 0.249 e. The van der Waals surface area contributed by atoms with E-state index in [-0.39, 0.29) is 30.3 Å². The van der Waals surface area contributed by atoms with Gasteiger partial charge in [0.2, 0.25) is 11.8 Å². The number of hydrogen-bond acceptors (Lipinski definition) is 6. The summed E-state index contributed by atoms with van der Waals surface area (Å²) < 4.78 is 0. The predicted octanol–water partition coefficient (Wildman–Crippen LogP) is 2.35. The molecule has 0 saturated carbocycles. The van der Waals surface area contributed by atoms with Crippen molar-refractivity contribution >= 4 is 29.9 Å².